The first-order chi connectivity index (χ1) is 16.7. The molecule has 0 saturated carbocycles. The van der Waals surface area contributed by atoms with Crippen molar-refractivity contribution in [2.45, 2.75) is 135 Å². The summed E-state index contributed by atoms with van der Waals surface area (Å²) in [5.41, 5.74) is 0. The standard InChI is InChI=1S/C31H61NO2/c1-5-7-9-11-13-14-15-16-17-18-19-20-21-22-24-26-28-34-30-31(32(3)4)29-33-27-25-23-12-10-8-6-2/h13-14,16-17,31H,5-12,15,18-30H2,1-4H3/b14-13+,17-16+. The van der Waals surface area contributed by atoms with Gasteiger partial charge in [-0.3, -0.25) is 0 Å². The van der Waals surface area contributed by atoms with Gasteiger partial charge in [0.25, 0.3) is 0 Å². The SMILES string of the molecule is CCCCC/C=C/C/C=C/CCCCCCCCOCC(COCCCCCCCC)N(C)C. The molecule has 0 fully saturated rings. The molecule has 202 valence electrons. The number of ether oxygens (including phenoxy) is 2. The van der Waals surface area contributed by atoms with Crippen LogP contribution in [0.2, 0.25) is 0 Å². The van der Waals surface area contributed by atoms with Crippen LogP contribution >= 0.6 is 0 Å². The Kier molecular flexibility index (Phi) is 28.1. The van der Waals surface area contributed by atoms with Gasteiger partial charge in [0.2, 0.25) is 0 Å². The largest absolute Gasteiger partial charge is 0.380 e. The van der Waals surface area contributed by atoms with Gasteiger partial charge < -0.3 is 14.4 Å². The van der Waals surface area contributed by atoms with Crippen LogP contribution in [0.4, 0.5) is 0 Å². The van der Waals surface area contributed by atoms with Crippen LogP contribution in [0, 0.1) is 0 Å². The van der Waals surface area contributed by atoms with Gasteiger partial charge in [0.15, 0.2) is 0 Å². The Bertz CT molecular complexity index is 433. The van der Waals surface area contributed by atoms with Crippen LogP contribution in [0.5, 0.6) is 0 Å². The third-order valence-electron chi connectivity index (χ3n) is 6.48. The van der Waals surface area contributed by atoms with Crippen molar-refractivity contribution < 1.29 is 9.47 Å². The Morgan fingerprint density at radius 1 is 0.529 bits per heavy atom. The first kappa shape index (κ1) is 33.4. The molecule has 0 aromatic heterocycles. The molecular formula is C31H61NO2. The van der Waals surface area contributed by atoms with Crippen molar-refractivity contribution in [3.8, 4) is 0 Å². The molecule has 34 heavy (non-hydrogen) atoms. The molecule has 3 heteroatoms. The number of hydrogen-bond acceptors (Lipinski definition) is 3. The molecule has 3 nitrogen and oxygen atoms in total. The van der Waals surface area contributed by atoms with Crippen LogP contribution in [0.3, 0.4) is 0 Å². The monoisotopic (exact) mass is 479 g/mol. The number of allylic oxidation sites excluding steroid dienone is 4. The lowest BCUT2D eigenvalue weighted by Crippen LogP contribution is -2.37. The Balaban J connectivity index is 3.44. The molecule has 0 bridgehead atoms. The van der Waals surface area contributed by atoms with Crippen LogP contribution in [-0.2, 0) is 9.47 Å². The predicted molar refractivity (Wildman–Crippen MR) is 152 cm³/mol. The summed E-state index contributed by atoms with van der Waals surface area (Å²) < 4.78 is 11.9. The molecule has 0 saturated heterocycles. The van der Waals surface area contributed by atoms with E-state index in [0.29, 0.717) is 6.04 Å². The summed E-state index contributed by atoms with van der Waals surface area (Å²) in [6, 6.07) is 0.365. The highest BCUT2D eigenvalue weighted by Gasteiger charge is 2.11. The van der Waals surface area contributed by atoms with Crippen LogP contribution in [0.15, 0.2) is 24.3 Å². The maximum Gasteiger partial charge on any atom is 0.0644 e. The van der Waals surface area contributed by atoms with Crippen molar-refractivity contribution in [3.05, 3.63) is 24.3 Å². The second-order valence-corrected chi connectivity index (χ2v) is 10.1. The number of hydrogen-bond donors (Lipinski definition) is 0. The van der Waals surface area contributed by atoms with Gasteiger partial charge in [0, 0.05) is 13.2 Å². The molecule has 0 aromatic carbocycles. The van der Waals surface area contributed by atoms with Crippen molar-refractivity contribution >= 4 is 0 Å². The van der Waals surface area contributed by atoms with Crippen molar-refractivity contribution in [1.82, 2.24) is 4.90 Å². The molecule has 0 spiro atoms. The third-order valence-corrected chi connectivity index (χ3v) is 6.48. The molecule has 0 N–H and O–H groups in total. The Hall–Kier alpha value is -0.640. The second kappa shape index (κ2) is 28.6. The van der Waals surface area contributed by atoms with E-state index >= 15 is 0 Å². The van der Waals surface area contributed by atoms with Crippen molar-refractivity contribution in [3.63, 3.8) is 0 Å². The lowest BCUT2D eigenvalue weighted by molar-refractivity contribution is 0.0197. The van der Waals surface area contributed by atoms with Crippen LogP contribution in [-0.4, -0.2) is 51.5 Å². The van der Waals surface area contributed by atoms with Gasteiger partial charge in [-0.15, -0.1) is 0 Å². The predicted octanol–water partition coefficient (Wildman–Crippen LogP) is 9.12. The first-order valence-corrected chi connectivity index (χ1v) is 14.8. The maximum atomic E-state index is 5.96. The van der Waals surface area contributed by atoms with E-state index in [4.69, 9.17) is 9.47 Å². The maximum absolute atomic E-state index is 5.96. The van der Waals surface area contributed by atoms with Gasteiger partial charge >= 0.3 is 0 Å². The zero-order chi connectivity index (χ0) is 25.0. The summed E-state index contributed by atoms with van der Waals surface area (Å²) in [7, 11) is 4.26. The normalized spacial score (nSPS) is 13.1. The number of unbranched alkanes of at least 4 members (excludes halogenated alkanes) is 14. The summed E-state index contributed by atoms with van der Waals surface area (Å²) in [4.78, 5) is 2.24. The van der Waals surface area contributed by atoms with E-state index in [1.807, 2.05) is 0 Å². The van der Waals surface area contributed by atoms with E-state index in [9.17, 15) is 0 Å². The molecule has 0 aliphatic carbocycles. The lowest BCUT2D eigenvalue weighted by Gasteiger charge is -2.24. The van der Waals surface area contributed by atoms with E-state index in [2.05, 4.69) is 57.1 Å². The fourth-order valence-corrected chi connectivity index (χ4v) is 3.96. The third kappa shape index (κ3) is 26.0. The molecule has 0 amide bonds. The van der Waals surface area contributed by atoms with Crippen LogP contribution in [0.25, 0.3) is 0 Å². The Morgan fingerprint density at radius 2 is 0.941 bits per heavy atom. The van der Waals surface area contributed by atoms with Crippen molar-refractivity contribution in [1.29, 1.82) is 0 Å². The minimum absolute atomic E-state index is 0.365. The summed E-state index contributed by atoms with van der Waals surface area (Å²) in [6.07, 6.45) is 32.7. The lowest BCUT2D eigenvalue weighted by atomic mass is 10.1. The van der Waals surface area contributed by atoms with E-state index in [0.717, 1.165) is 32.8 Å². The van der Waals surface area contributed by atoms with E-state index in [-0.39, 0.29) is 0 Å². The van der Waals surface area contributed by atoms with Gasteiger partial charge in [0.1, 0.15) is 0 Å². The molecular weight excluding hydrogens is 418 g/mol. The minimum Gasteiger partial charge on any atom is -0.380 e. The highest BCUT2D eigenvalue weighted by molar-refractivity contribution is 4.92. The minimum atomic E-state index is 0.365. The summed E-state index contributed by atoms with van der Waals surface area (Å²) >= 11 is 0. The topological polar surface area (TPSA) is 21.7 Å². The fourth-order valence-electron chi connectivity index (χ4n) is 3.96. The Labute approximate surface area is 214 Å². The van der Waals surface area contributed by atoms with E-state index < -0.39 is 0 Å². The molecule has 1 unspecified atom stereocenters. The van der Waals surface area contributed by atoms with Gasteiger partial charge in [-0.05, 0) is 59.0 Å². The fraction of sp³-hybridized carbons (Fsp3) is 0.871. The Morgan fingerprint density at radius 3 is 1.44 bits per heavy atom. The molecule has 0 aliphatic rings. The second-order valence-electron chi connectivity index (χ2n) is 10.1. The molecule has 0 heterocycles. The van der Waals surface area contributed by atoms with Gasteiger partial charge in [0.05, 0.1) is 19.3 Å². The number of rotatable bonds is 27. The highest BCUT2D eigenvalue weighted by Crippen LogP contribution is 2.09. The van der Waals surface area contributed by atoms with E-state index in [1.54, 1.807) is 0 Å². The van der Waals surface area contributed by atoms with Crippen LogP contribution < -0.4 is 0 Å². The molecule has 0 aliphatic heterocycles. The molecule has 0 rings (SSSR count). The van der Waals surface area contributed by atoms with Gasteiger partial charge in [-0.1, -0.05) is 109 Å². The first-order valence-electron chi connectivity index (χ1n) is 14.8. The summed E-state index contributed by atoms with van der Waals surface area (Å²) in [6.45, 7) is 7.87. The molecule has 0 radical (unpaired) electrons. The average molecular weight is 480 g/mol. The molecule has 1 atom stereocenters. The summed E-state index contributed by atoms with van der Waals surface area (Å²) in [5, 5.41) is 0. The zero-order valence-corrected chi connectivity index (χ0v) is 23.7. The van der Waals surface area contributed by atoms with Crippen molar-refractivity contribution in [2.24, 2.45) is 0 Å². The van der Waals surface area contributed by atoms with Crippen molar-refractivity contribution in [2.75, 3.05) is 40.5 Å². The highest BCUT2D eigenvalue weighted by atomic mass is 16.5. The summed E-state index contributed by atoms with van der Waals surface area (Å²) in [5.74, 6) is 0. The van der Waals surface area contributed by atoms with Gasteiger partial charge in [-0.25, -0.2) is 0 Å². The van der Waals surface area contributed by atoms with Gasteiger partial charge in [-0.2, -0.15) is 0 Å². The smallest absolute Gasteiger partial charge is 0.0644 e. The zero-order valence-electron chi connectivity index (χ0n) is 23.7. The quantitative estimate of drug-likeness (QED) is 0.0865. The number of likely N-dealkylation sites (N-methyl/N-ethyl adjacent to an activating group) is 1. The van der Waals surface area contributed by atoms with E-state index in [1.165, 1.54) is 109 Å². The average Bonchev–Trinajstić information content (AvgIpc) is 2.83. The number of nitrogens with zero attached hydrogens (tertiary/aromatic N) is 1. The van der Waals surface area contributed by atoms with Crippen LogP contribution in [0.1, 0.15) is 129 Å². The molecule has 0 aromatic rings.